The van der Waals surface area contributed by atoms with Crippen molar-refractivity contribution < 1.29 is 31.6 Å². The van der Waals surface area contributed by atoms with E-state index < -0.39 is 34.8 Å². The predicted octanol–water partition coefficient (Wildman–Crippen LogP) is -1.40. The molecule has 0 unspecified atom stereocenters. The summed E-state index contributed by atoms with van der Waals surface area (Å²) in [6.07, 6.45) is -2.91. The van der Waals surface area contributed by atoms with Crippen LogP contribution in [0.2, 0.25) is 0 Å². The molecule has 18 heavy (non-hydrogen) atoms. The Bertz CT molecular complexity index is 520. The lowest BCUT2D eigenvalue weighted by Crippen LogP contribution is -2.35. The summed E-state index contributed by atoms with van der Waals surface area (Å²) >= 11 is 0. The van der Waals surface area contributed by atoms with Crippen LogP contribution in [0.4, 0.5) is 13.2 Å². The van der Waals surface area contributed by atoms with E-state index in [1.165, 1.54) is 4.72 Å². The summed E-state index contributed by atoms with van der Waals surface area (Å²) in [5.74, 6) is 0. The molecular weight excluding hydrogens is 276 g/mol. The van der Waals surface area contributed by atoms with Crippen molar-refractivity contribution in [2.45, 2.75) is 11.1 Å². The molecule has 0 radical (unpaired) electrons. The van der Waals surface area contributed by atoms with E-state index in [-0.39, 0.29) is 5.46 Å². The smallest absolute Gasteiger partial charge is 0.423 e. The van der Waals surface area contributed by atoms with Crippen molar-refractivity contribution in [3.63, 3.8) is 0 Å². The molecule has 1 aromatic rings. The maximum absolute atomic E-state index is 11.9. The van der Waals surface area contributed by atoms with E-state index in [9.17, 15) is 21.6 Å². The third-order valence-corrected chi connectivity index (χ3v) is 3.17. The summed E-state index contributed by atoms with van der Waals surface area (Å²) in [5.41, 5.74) is -0.245. The number of pyridine rings is 1. The van der Waals surface area contributed by atoms with Crippen LogP contribution in [-0.2, 0) is 10.0 Å². The average Bonchev–Trinajstić information content (AvgIpc) is 2.26. The number of sulfonamides is 1. The monoisotopic (exact) mass is 284 g/mol. The Kier molecular flexibility index (Phi) is 4.32. The lowest BCUT2D eigenvalue weighted by Gasteiger charge is -2.09. The molecule has 0 aliphatic carbocycles. The lowest BCUT2D eigenvalue weighted by molar-refractivity contribution is -0.121. The van der Waals surface area contributed by atoms with Crippen LogP contribution in [-0.4, -0.2) is 43.3 Å². The topological polar surface area (TPSA) is 99.5 Å². The van der Waals surface area contributed by atoms with Crippen molar-refractivity contribution >= 4 is 22.6 Å². The van der Waals surface area contributed by atoms with Gasteiger partial charge in [0, 0.05) is 17.9 Å². The fourth-order valence-corrected chi connectivity index (χ4v) is 2.00. The second-order valence-electron chi connectivity index (χ2n) is 3.27. The van der Waals surface area contributed by atoms with Gasteiger partial charge in [0.15, 0.2) is 0 Å². The minimum atomic E-state index is -4.69. The van der Waals surface area contributed by atoms with Crippen LogP contribution in [0.25, 0.3) is 0 Å². The average molecular weight is 284 g/mol. The summed E-state index contributed by atoms with van der Waals surface area (Å²) in [6, 6.07) is 0.816. The number of nitrogens with zero attached hydrogens (tertiary/aromatic N) is 1. The fraction of sp³-hybridized carbons (Fsp3) is 0.286. The highest BCUT2D eigenvalue weighted by Crippen LogP contribution is 2.14. The van der Waals surface area contributed by atoms with Gasteiger partial charge in [0.05, 0.1) is 4.90 Å². The molecule has 0 aliphatic heterocycles. The van der Waals surface area contributed by atoms with Gasteiger partial charge in [-0.25, -0.2) is 13.1 Å². The maximum Gasteiger partial charge on any atom is 0.490 e. The molecule has 1 rings (SSSR count). The first-order valence-corrected chi connectivity index (χ1v) is 5.97. The number of hydrogen-bond acceptors (Lipinski definition) is 5. The molecule has 1 heterocycles. The van der Waals surface area contributed by atoms with Crippen LogP contribution in [0, 0.1) is 0 Å². The van der Waals surface area contributed by atoms with E-state index in [2.05, 4.69) is 4.98 Å². The van der Waals surface area contributed by atoms with Gasteiger partial charge in [-0.2, -0.15) is 13.2 Å². The molecule has 0 saturated carbocycles. The first-order chi connectivity index (χ1) is 8.12. The zero-order valence-electron chi connectivity index (χ0n) is 8.72. The number of nitrogens with one attached hydrogen (secondary N) is 1. The molecule has 0 aromatic carbocycles. The van der Waals surface area contributed by atoms with Crippen molar-refractivity contribution in [1.29, 1.82) is 0 Å². The Morgan fingerprint density at radius 2 is 1.94 bits per heavy atom. The van der Waals surface area contributed by atoms with E-state index in [1.807, 2.05) is 0 Å². The molecule has 0 atom stereocenters. The molecule has 0 aliphatic rings. The summed E-state index contributed by atoms with van der Waals surface area (Å²) in [7, 11) is -6.37. The Morgan fingerprint density at radius 1 is 1.33 bits per heavy atom. The highest BCUT2D eigenvalue weighted by atomic mass is 32.2. The molecule has 6 nitrogen and oxygen atoms in total. The number of alkyl halides is 3. The van der Waals surface area contributed by atoms with Crippen LogP contribution in [0.15, 0.2) is 23.4 Å². The molecule has 0 spiro atoms. The van der Waals surface area contributed by atoms with Gasteiger partial charge in [-0.15, -0.1) is 0 Å². The lowest BCUT2D eigenvalue weighted by atomic mass is 9.82. The van der Waals surface area contributed by atoms with E-state index >= 15 is 0 Å². The Balaban J connectivity index is 2.95. The summed E-state index contributed by atoms with van der Waals surface area (Å²) in [4.78, 5) is 2.81. The second kappa shape index (κ2) is 5.22. The Labute approximate surface area is 101 Å². The zero-order chi connectivity index (χ0) is 14.0. The third kappa shape index (κ3) is 4.25. The number of hydrogen-bond donors (Lipinski definition) is 3. The van der Waals surface area contributed by atoms with Gasteiger partial charge in [-0.3, -0.25) is 4.98 Å². The number of rotatable bonds is 4. The predicted molar refractivity (Wildman–Crippen MR) is 55.3 cm³/mol. The Morgan fingerprint density at radius 3 is 2.44 bits per heavy atom. The van der Waals surface area contributed by atoms with Crippen LogP contribution in [0.5, 0.6) is 0 Å². The van der Waals surface area contributed by atoms with Crippen molar-refractivity contribution in [1.82, 2.24) is 9.71 Å². The minimum Gasteiger partial charge on any atom is -0.423 e. The first-order valence-electron chi connectivity index (χ1n) is 4.49. The van der Waals surface area contributed by atoms with Crippen molar-refractivity contribution in [3.05, 3.63) is 18.5 Å². The quantitative estimate of drug-likeness (QED) is 0.591. The van der Waals surface area contributed by atoms with Crippen molar-refractivity contribution in [3.8, 4) is 0 Å². The molecule has 0 bridgehead atoms. The van der Waals surface area contributed by atoms with Gasteiger partial charge in [-0.1, -0.05) is 0 Å². The SMILES string of the molecule is O=S(=O)(NCC(F)(F)F)c1cncc(B(O)O)c1. The van der Waals surface area contributed by atoms with Gasteiger partial charge < -0.3 is 10.0 Å². The van der Waals surface area contributed by atoms with E-state index in [0.717, 1.165) is 18.5 Å². The van der Waals surface area contributed by atoms with Gasteiger partial charge in [0.25, 0.3) is 0 Å². The zero-order valence-corrected chi connectivity index (χ0v) is 9.53. The molecule has 0 fully saturated rings. The molecule has 3 N–H and O–H groups in total. The highest BCUT2D eigenvalue weighted by Gasteiger charge is 2.30. The standard InChI is InChI=1S/C7H8BF3N2O4S/c9-7(10,11)4-13-18(16,17)6-1-5(8(14)15)2-12-3-6/h1-3,13-15H,4H2. The molecule has 0 amide bonds. The Hall–Kier alpha value is -1.17. The minimum absolute atomic E-state index is 0.245. The summed E-state index contributed by atoms with van der Waals surface area (Å²) in [5, 5.41) is 17.6. The number of aromatic nitrogens is 1. The van der Waals surface area contributed by atoms with Crippen LogP contribution in [0.3, 0.4) is 0 Å². The normalized spacial score (nSPS) is 12.5. The van der Waals surface area contributed by atoms with Crippen LogP contribution >= 0.6 is 0 Å². The molecule has 1 aromatic heterocycles. The van der Waals surface area contributed by atoms with Crippen molar-refractivity contribution in [2.24, 2.45) is 0 Å². The first kappa shape index (κ1) is 14.9. The molecule has 11 heteroatoms. The van der Waals surface area contributed by atoms with Crippen LogP contribution < -0.4 is 10.2 Å². The van der Waals surface area contributed by atoms with Crippen molar-refractivity contribution in [2.75, 3.05) is 6.54 Å². The summed E-state index contributed by atoms with van der Waals surface area (Å²) < 4.78 is 59.9. The largest absolute Gasteiger partial charge is 0.490 e. The van der Waals surface area contributed by atoms with E-state index in [0.29, 0.717) is 0 Å². The maximum atomic E-state index is 11.9. The highest BCUT2D eigenvalue weighted by molar-refractivity contribution is 7.89. The van der Waals surface area contributed by atoms with Gasteiger partial charge in [0.1, 0.15) is 6.54 Å². The molecular formula is C7H8BF3N2O4S. The molecule has 100 valence electrons. The van der Waals surface area contributed by atoms with Gasteiger partial charge in [-0.05, 0) is 6.07 Å². The van der Waals surface area contributed by atoms with Crippen LogP contribution in [0.1, 0.15) is 0 Å². The summed E-state index contributed by atoms with van der Waals surface area (Å²) in [6.45, 7) is -1.72. The van der Waals surface area contributed by atoms with Gasteiger partial charge in [0.2, 0.25) is 10.0 Å². The number of halogens is 3. The molecule has 0 saturated heterocycles. The fourth-order valence-electron chi connectivity index (χ4n) is 0.984. The van der Waals surface area contributed by atoms with Gasteiger partial charge >= 0.3 is 13.3 Å². The van der Waals surface area contributed by atoms with E-state index in [4.69, 9.17) is 10.0 Å². The third-order valence-electron chi connectivity index (χ3n) is 1.81. The second-order valence-corrected chi connectivity index (χ2v) is 5.03. The van der Waals surface area contributed by atoms with E-state index in [1.54, 1.807) is 0 Å².